The maximum Gasteiger partial charge on any atom is 0.261 e. The Labute approximate surface area is 168 Å². The van der Waals surface area contributed by atoms with Crippen molar-refractivity contribution in [2.24, 2.45) is 0 Å². The molecule has 0 aromatic heterocycles. The highest BCUT2D eigenvalue weighted by Crippen LogP contribution is 2.21. The van der Waals surface area contributed by atoms with E-state index in [1.165, 1.54) is 6.26 Å². The van der Waals surface area contributed by atoms with Crippen LogP contribution in [0, 0.1) is 13.8 Å². The van der Waals surface area contributed by atoms with E-state index < -0.39 is 15.9 Å². The number of aryl methyl sites for hydroxylation is 2. The second-order valence-corrected chi connectivity index (χ2v) is 9.16. The summed E-state index contributed by atoms with van der Waals surface area (Å²) >= 11 is 0. The van der Waals surface area contributed by atoms with E-state index in [0.29, 0.717) is 18.6 Å². The average Bonchev–Trinajstić information content (AvgIpc) is 2.62. The van der Waals surface area contributed by atoms with Crippen LogP contribution in [-0.4, -0.2) is 26.7 Å². The monoisotopic (exact) mass is 403 g/mol. The first-order valence-electron chi connectivity index (χ1n) is 9.49. The van der Waals surface area contributed by atoms with Gasteiger partial charge in [0.15, 0.2) is 15.9 Å². The highest BCUT2D eigenvalue weighted by Gasteiger charge is 2.22. The summed E-state index contributed by atoms with van der Waals surface area (Å²) < 4.78 is 29.2. The highest BCUT2D eigenvalue weighted by molar-refractivity contribution is 7.90. The van der Waals surface area contributed by atoms with Gasteiger partial charge in [-0.15, -0.1) is 0 Å². The number of ether oxygens (including phenoxy) is 1. The van der Waals surface area contributed by atoms with Gasteiger partial charge in [-0.25, -0.2) is 8.42 Å². The van der Waals surface area contributed by atoms with Gasteiger partial charge in [-0.3, -0.25) is 4.79 Å². The van der Waals surface area contributed by atoms with Crippen LogP contribution in [0.15, 0.2) is 47.4 Å². The Balaban J connectivity index is 2.12. The van der Waals surface area contributed by atoms with Crippen molar-refractivity contribution in [3.05, 3.63) is 59.2 Å². The molecule has 2 rings (SSSR count). The lowest BCUT2D eigenvalue weighted by atomic mass is 10.0. The summed E-state index contributed by atoms with van der Waals surface area (Å²) in [7, 11) is -3.24. The molecule has 0 saturated carbocycles. The molecule has 0 radical (unpaired) electrons. The van der Waals surface area contributed by atoms with E-state index in [-0.39, 0.29) is 16.8 Å². The predicted molar refractivity (Wildman–Crippen MR) is 111 cm³/mol. The fraction of sp³-hybridized carbons (Fsp3) is 0.409. The summed E-state index contributed by atoms with van der Waals surface area (Å²) in [6, 6.07) is 12.3. The van der Waals surface area contributed by atoms with E-state index in [2.05, 4.69) is 11.4 Å². The second kappa shape index (κ2) is 9.24. The van der Waals surface area contributed by atoms with Gasteiger partial charge in [0.25, 0.3) is 5.91 Å². The van der Waals surface area contributed by atoms with Gasteiger partial charge in [0.05, 0.1) is 10.9 Å². The fourth-order valence-corrected chi connectivity index (χ4v) is 3.75. The van der Waals surface area contributed by atoms with Crippen molar-refractivity contribution < 1.29 is 17.9 Å². The Bertz CT molecular complexity index is 900. The van der Waals surface area contributed by atoms with Gasteiger partial charge < -0.3 is 10.1 Å². The Morgan fingerprint density at radius 2 is 1.57 bits per heavy atom. The molecule has 2 aromatic rings. The van der Waals surface area contributed by atoms with Crippen molar-refractivity contribution in [1.29, 1.82) is 0 Å². The van der Waals surface area contributed by atoms with E-state index in [1.807, 2.05) is 39.8 Å². The van der Waals surface area contributed by atoms with Crippen LogP contribution in [0.5, 0.6) is 5.75 Å². The molecule has 28 heavy (non-hydrogen) atoms. The normalized spacial score (nSPS) is 13.6. The molecule has 6 heteroatoms. The van der Waals surface area contributed by atoms with Gasteiger partial charge in [0, 0.05) is 6.26 Å². The van der Waals surface area contributed by atoms with Gasteiger partial charge in [-0.1, -0.05) is 32.0 Å². The first-order chi connectivity index (χ1) is 13.1. The van der Waals surface area contributed by atoms with E-state index in [4.69, 9.17) is 4.74 Å². The molecular weight excluding hydrogens is 374 g/mol. The summed E-state index contributed by atoms with van der Waals surface area (Å²) in [6.45, 7) is 7.87. The maximum absolute atomic E-state index is 12.8. The Morgan fingerprint density at radius 1 is 1.00 bits per heavy atom. The van der Waals surface area contributed by atoms with Crippen molar-refractivity contribution >= 4 is 15.7 Å². The molecule has 0 heterocycles. The molecule has 0 aliphatic rings. The van der Waals surface area contributed by atoms with Gasteiger partial charge in [0.1, 0.15) is 5.75 Å². The summed E-state index contributed by atoms with van der Waals surface area (Å²) in [5.41, 5.74) is 3.04. The predicted octanol–water partition coefficient (Wildman–Crippen LogP) is 4.13. The summed E-state index contributed by atoms with van der Waals surface area (Å²) in [5.74, 6) is 0.505. The third kappa shape index (κ3) is 5.83. The molecule has 2 atom stereocenters. The smallest absolute Gasteiger partial charge is 0.261 e. The molecule has 0 aliphatic heterocycles. The first-order valence-corrected chi connectivity index (χ1v) is 11.4. The topological polar surface area (TPSA) is 72.5 Å². The minimum absolute atomic E-state index is 0.180. The molecule has 0 spiro atoms. The van der Waals surface area contributed by atoms with Crippen LogP contribution in [0.25, 0.3) is 0 Å². The molecule has 2 aromatic carbocycles. The summed E-state index contributed by atoms with van der Waals surface area (Å²) in [6.07, 6.45) is 1.81. The Kier molecular flexibility index (Phi) is 7.24. The largest absolute Gasteiger partial charge is 0.481 e. The van der Waals surface area contributed by atoms with E-state index in [9.17, 15) is 13.2 Å². The van der Waals surface area contributed by atoms with E-state index >= 15 is 0 Å². The van der Waals surface area contributed by atoms with Gasteiger partial charge in [-0.2, -0.15) is 0 Å². The van der Waals surface area contributed by atoms with Crippen molar-refractivity contribution in [3.8, 4) is 5.75 Å². The van der Waals surface area contributed by atoms with Crippen molar-refractivity contribution in [3.63, 3.8) is 0 Å². The SMILES string of the molecule is CC[C@H](NC(=O)[C@@H](CC)Oc1cc(C)cc(C)c1)c1ccc(S(C)(=O)=O)cc1. The summed E-state index contributed by atoms with van der Waals surface area (Å²) in [4.78, 5) is 13.1. The molecule has 5 nitrogen and oxygen atoms in total. The maximum atomic E-state index is 12.8. The van der Waals surface area contributed by atoms with Crippen LogP contribution < -0.4 is 10.1 Å². The van der Waals surface area contributed by atoms with Crippen molar-refractivity contribution in [2.45, 2.75) is 57.6 Å². The minimum Gasteiger partial charge on any atom is -0.481 e. The minimum atomic E-state index is -3.24. The fourth-order valence-electron chi connectivity index (χ4n) is 3.12. The molecular formula is C22H29NO4S. The quantitative estimate of drug-likeness (QED) is 0.719. The van der Waals surface area contributed by atoms with Crippen LogP contribution >= 0.6 is 0 Å². The number of benzene rings is 2. The average molecular weight is 404 g/mol. The zero-order valence-electron chi connectivity index (χ0n) is 17.2. The number of hydrogen-bond donors (Lipinski definition) is 1. The molecule has 152 valence electrons. The molecule has 0 saturated heterocycles. The lowest BCUT2D eigenvalue weighted by Crippen LogP contribution is -2.40. The van der Waals surface area contributed by atoms with Crippen LogP contribution in [0.4, 0.5) is 0 Å². The zero-order chi connectivity index (χ0) is 20.9. The van der Waals surface area contributed by atoms with Crippen molar-refractivity contribution in [2.75, 3.05) is 6.26 Å². The van der Waals surface area contributed by atoms with Crippen LogP contribution in [0.1, 0.15) is 49.4 Å². The van der Waals surface area contributed by atoms with E-state index in [0.717, 1.165) is 16.7 Å². The van der Waals surface area contributed by atoms with Gasteiger partial charge in [-0.05, 0) is 67.6 Å². The molecule has 1 amide bonds. The Hall–Kier alpha value is -2.34. The highest BCUT2D eigenvalue weighted by atomic mass is 32.2. The second-order valence-electron chi connectivity index (χ2n) is 7.15. The number of amides is 1. The lowest BCUT2D eigenvalue weighted by molar-refractivity contribution is -0.129. The molecule has 1 N–H and O–H groups in total. The number of carbonyl (C=O) groups excluding carboxylic acids is 1. The third-order valence-electron chi connectivity index (χ3n) is 4.57. The third-order valence-corrected chi connectivity index (χ3v) is 5.70. The molecule has 0 aliphatic carbocycles. The van der Waals surface area contributed by atoms with Crippen LogP contribution in [0.2, 0.25) is 0 Å². The number of nitrogens with one attached hydrogen (secondary N) is 1. The van der Waals surface area contributed by atoms with E-state index in [1.54, 1.807) is 24.3 Å². The molecule has 0 unspecified atom stereocenters. The van der Waals surface area contributed by atoms with Gasteiger partial charge >= 0.3 is 0 Å². The zero-order valence-corrected chi connectivity index (χ0v) is 18.0. The lowest BCUT2D eigenvalue weighted by Gasteiger charge is -2.23. The number of hydrogen-bond acceptors (Lipinski definition) is 4. The Morgan fingerprint density at radius 3 is 2.04 bits per heavy atom. The van der Waals surface area contributed by atoms with Crippen molar-refractivity contribution in [1.82, 2.24) is 5.32 Å². The standard InChI is InChI=1S/C22H29NO4S/c1-6-20(17-8-10-19(11-9-17)28(5,25)26)23-22(24)21(7-2)27-18-13-15(3)12-16(4)14-18/h8-14,20-21H,6-7H2,1-5H3,(H,23,24)/t20-,21+/m0/s1. The first kappa shape index (κ1) is 22.0. The van der Waals surface area contributed by atoms with Crippen LogP contribution in [0.3, 0.4) is 0 Å². The number of sulfone groups is 1. The number of rotatable bonds is 8. The number of carbonyl (C=O) groups is 1. The molecule has 0 fully saturated rings. The van der Waals surface area contributed by atoms with Crippen LogP contribution in [-0.2, 0) is 14.6 Å². The molecule has 0 bridgehead atoms. The summed E-state index contributed by atoms with van der Waals surface area (Å²) in [5, 5.41) is 3.03. The van der Waals surface area contributed by atoms with Gasteiger partial charge in [0.2, 0.25) is 0 Å².